The molecule has 4 heteroatoms. The van der Waals surface area contributed by atoms with Gasteiger partial charge in [0, 0.05) is 12.0 Å². The summed E-state index contributed by atoms with van der Waals surface area (Å²) in [6.45, 7) is 0. The third-order valence-electron chi connectivity index (χ3n) is 6.66. The van der Waals surface area contributed by atoms with E-state index in [1.54, 1.807) is 0 Å². The molecule has 5 saturated carbocycles. The summed E-state index contributed by atoms with van der Waals surface area (Å²) in [5, 5.41) is 12.3. The van der Waals surface area contributed by atoms with Crippen LogP contribution in [0.2, 0.25) is 0 Å². The van der Waals surface area contributed by atoms with Gasteiger partial charge in [-0.15, -0.1) is 0 Å². The minimum atomic E-state index is -0.707. The first kappa shape index (κ1) is 13.6. The van der Waals surface area contributed by atoms with Crippen molar-refractivity contribution in [1.82, 2.24) is 5.32 Å². The molecule has 116 valence electrons. The van der Waals surface area contributed by atoms with E-state index in [9.17, 15) is 9.59 Å². The predicted molar refractivity (Wildman–Crippen MR) is 77.4 cm³/mol. The Morgan fingerprint density at radius 2 is 1.48 bits per heavy atom. The molecule has 0 aliphatic heterocycles. The zero-order valence-corrected chi connectivity index (χ0v) is 12.5. The summed E-state index contributed by atoms with van der Waals surface area (Å²) < 4.78 is 0. The number of hydrogen-bond acceptors (Lipinski definition) is 2. The van der Waals surface area contributed by atoms with E-state index in [0.29, 0.717) is 24.7 Å². The fourth-order valence-corrected chi connectivity index (χ4v) is 5.99. The first-order valence-corrected chi connectivity index (χ1v) is 8.63. The van der Waals surface area contributed by atoms with Gasteiger partial charge in [-0.05, 0) is 75.0 Å². The number of hydrogen-bond donors (Lipinski definition) is 2. The van der Waals surface area contributed by atoms with E-state index >= 15 is 0 Å². The minimum Gasteiger partial charge on any atom is -0.481 e. The molecule has 0 saturated heterocycles. The van der Waals surface area contributed by atoms with Crippen LogP contribution in [0.4, 0.5) is 0 Å². The molecule has 0 aromatic rings. The highest BCUT2D eigenvalue weighted by Gasteiger charge is 2.51. The fraction of sp³-hybridized carbons (Fsp3) is 0.882. The summed E-state index contributed by atoms with van der Waals surface area (Å²) in [5.41, 5.74) is 0. The summed E-state index contributed by atoms with van der Waals surface area (Å²) in [6.07, 6.45) is 8.60. The quantitative estimate of drug-likeness (QED) is 0.839. The van der Waals surface area contributed by atoms with Gasteiger partial charge in [0.05, 0.1) is 5.92 Å². The number of rotatable bonds is 3. The van der Waals surface area contributed by atoms with Crippen molar-refractivity contribution in [2.45, 2.75) is 57.4 Å². The SMILES string of the molecule is O=C(O)C1CCC(NC(=O)C2C3CC4CC(C3)CC2C4)C1. The van der Waals surface area contributed by atoms with Crippen molar-refractivity contribution in [3.8, 4) is 0 Å². The van der Waals surface area contributed by atoms with E-state index in [1.165, 1.54) is 32.1 Å². The summed E-state index contributed by atoms with van der Waals surface area (Å²) in [6, 6.07) is 0.0933. The molecule has 5 aliphatic carbocycles. The van der Waals surface area contributed by atoms with Crippen LogP contribution in [-0.4, -0.2) is 23.0 Å². The molecule has 2 atom stereocenters. The lowest BCUT2D eigenvalue weighted by Crippen LogP contribution is -2.52. The van der Waals surface area contributed by atoms with Gasteiger partial charge in [-0.2, -0.15) is 0 Å². The molecule has 2 unspecified atom stereocenters. The van der Waals surface area contributed by atoms with Crippen molar-refractivity contribution in [3.05, 3.63) is 0 Å². The highest BCUT2D eigenvalue weighted by atomic mass is 16.4. The van der Waals surface area contributed by atoms with Crippen LogP contribution < -0.4 is 5.32 Å². The molecule has 5 aliphatic rings. The summed E-state index contributed by atoms with van der Waals surface area (Å²) in [7, 11) is 0. The van der Waals surface area contributed by atoms with Crippen LogP contribution >= 0.6 is 0 Å². The first-order valence-electron chi connectivity index (χ1n) is 8.63. The van der Waals surface area contributed by atoms with Gasteiger partial charge in [0.2, 0.25) is 5.91 Å². The minimum absolute atomic E-state index is 0.0933. The Morgan fingerprint density at radius 1 is 0.857 bits per heavy atom. The van der Waals surface area contributed by atoms with Crippen molar-refractivity contribution in [2.24, 2.45) is 35.5 Å². The molecule has 4 nitrogen and oxygen atoms in total. The lowest BCUT2D eigenvalue weighted by molar-refractivity contribution is -0.142. The van der Waals surface area contributed by atoms with E-state index in [1.807, 2.05) is 0 Å². The van der Waals surface area contributed by atoms with E-state index in [4.69, 9.17) is 5.11 Å². The molecule has 5 rings (SSSR count). The largest absolute Gasteiger partial charge is 0.481 e. The summed E-state index contributed by atoms with van der Waals surface area (Å²) in [4.78, 5) is 23.7. The molecular formula is C17H25NO3. The van der Waals surface area contributed by atoms with Crippen LogP contribution in [0, 0.1) is 35.5 Å². The number of nitrogens with one attached hydrogen (secondary N) is 1. The fourth-order valence-electron chi connectivity index (χ4n) is 5.99. The van der Waals surface area contributed by atoms with E-state index in [0.717, 1.165) is 18.3 Å². The van der Waals surface area contributed by atoms with Crippen molar-refractivity contribution < 1.29 is 14.7 Å². The van der Waals surface area contributed by atoms with Crippen LogP contribution in [0.1, 0.15) is 51.4 Å². The lowest BCUT2D eigenvalue weighted by atomic mass is 9.51. The second-order valence-corrected chi connectivity index (χ2v) is 8.01. The maximum Gasteiger partial charge on any atom is 0.306 e. The van der Waals surface area contributed by atoms with Crippen molar-refractivity contribution >= 4 is 11.9 Å². The second kappa shape index (κ2) is 4.99. The molecule has 0 radical (unpaired) electrons. The summed E-state index contributed by atoms with van der Waals surface area (Å²) >= 11 is 0. The Labute approximate surface area is 125 Å². The maximum absolute atomic E-state index is 12.7. The normalized spacial score (nSPS) is 47.5. The monoisotopic (exact) mass is 291 g/mol. The second-order valence-electron chi connectivity index (χ2n) is 8.01. The van der Waals surface area contributed by atoms with Gasteiger partial charge in [-0.25, -0.2) is 0 Å². The molecule has 21 heavy (non-hydrogen) atoms. The third kappa shape index (κ3) is 2.36. The average Bonchev–Trinajstić information content (AvgIpc) is 2.86. The summed E-state index contributed by atoms with van der Waals surface area (Å²) in [5.74, 6) is 2.49. The lowest BCUT2D eigenvalue weighted by Gasteiger charge is -2.53. The highest BCUT2D eigenvalue weighted by molar-refractivity contribution is 5.80. The molecule has 0 spiro atoms. The predicted octanol–water partition coefficient (Wildman–Crippen LogP) is 2.43. The number of carbonyl (C=O) groups excluding carboxylic acids is 1. The van der Waals surface area contributed by atoms with Gasteiger partial charge in [0.1, 0.15) is 0 Å². The van der Waals surface area contributed by atoms with E-state index < -0.39 is 5.97 Å². The van der Waals surface area contributed by atoms with Gasteiger partial charge in [0.25, 0.3) is 0 Å². The number of amides is 1. The maximum atomic E-state index is 12.7. The van der Waals surface area contributed by atoms with Gasteiger partial charge in [-0.1, -0.05) is 0 Å². The van der Waals surface area contributed by atoms with Crippen LogP contribution in [-0.2, 0) is 9.59 Å². The number of aliphatic carboxylic acids is 1. The van der Waals surface area contributed by atoms with Gasteiger partial charge in [0.15, 0.2) is 0 Å². The molecule has 0 heterocycles. The highest BCUT2D eigenvalue weighted by Crippen LogP contribution is 2.56. The smallest absolute Gasteiger partial charge is 0.306 e. The topological polar surface area (TPSA) is 66.4 Å². The Bertz CT molecular complexity index is 433. The third-order valence-corrected chi connectivity index (χ3v) is 6.66. The van der Waals surface area contributed by atoms with Crippen molar-refractivity contribution in [1.29, 1.82) is 0 Å². The average molecular weight is 291 g/mol. The standard InChI is InChI=1S/C17H25NO3/c19-16(18-14-2-1-11(8-14)17(20)21)15-12-4-9-3-10(6-12)7-13(15)5-9/h9-15H,1-8H2,(H,18,19)(H,20,21). The Hall–Kier alpha value is -1.06. The Balaban J connectivity index is 1.39. The molecule has 5 fully saturated rings. The first-order chi connectivity index (χ1) is 10.1. The molecule has 0 aromatic carbocycles. The molecule has 4 bridgehead atoms. The Kier molecular flexibility index (Phi) is 3.23. The van der Waals surface area contributed by atoms with Gasteiger partial charge < -0.3 is 10.4 Å². The zero-order chi connectivity index (χ0) is 14.6. The molecule has 1 amide bonds. The van der Waals surface area contributed by atoms with E-state index in [2.05, 4.69) is 5.32 Å². The number of carboxylic acid groups (broad SMARTS) is 1. The van der Waals surface area contributed by atoms with Crippen molar-refractivity contribution in [3.63, 3.8) is 0 Å². The van der Waals surface area contributed by atoms with Crippen molar-refractivity contribution in [2.75, 3.05) is 0 Å². The molecule has 0 aromatic heterocycles. The zero-order valence-electron chi connectivity index (χ0n) is 12.5. The number of carboxylic acids is 1. The molecular weight excluding hydrogens is 266 g/mol. The van der Waals surface area contributed by atoms with Gasteiger partial charge >= 0.3 is 5.97 Å². The molecule has 2 N–H and O–H groups in total. The van der Waals surface area contributed by atoms with Crippen LogP contribution in [0.5, 0.6) is 0 Å². The van der Waals surface area contributed by atoms with Gasteiger partial charge in [-0.3, -0.25) is 9.59 Å². The Morgan fingerprint density at radius 3 is 2.00 bits per heavy atom. The number of carbonyl (C=O) groups is 2. The van der Waals surface area contributed by atoms with Crippen LogP contribution in [0.25, 0.3) is 0 Å². The van der Waals surface area contributed by atoms with Crippen LogP contribution in [0.15, 0.2) is 0 Å². The van der Waals surface area contributed by atoms with E-state index in [-0.39, 0.29) is 23.8 Å². The van der Waals surface area contributed by atoms with Crippen LogP contribution in [0.3, 0.4) is 0 Å².